The Hall–Kier alpha value is -0.720. The second-order valence-corrected chi connectivity index (χ2v) is 3.79. The molecule has 4 nitrogen and oxygen atoms in total. The molecule has 0 aromatic heterocycles. The predicted molar refractivity (Wildman–Crippen MR) is 58.4 cm³/mol. The van der Waals surface area contributed by atoms with Gasteiger partial charge in [0.2, 0.25) is 0 Å². The Bertz CT molecular complexity index is 220. The maximum atomic E-state index is 10.5. The number of aliphatic hydroxyl groups is 1. The number of hydrogen-bond acceptors (Lipinski definition) is 3. The average molecular weight is 297 g/mol. The molecule has 0 radical (unpaired) electrons. The molecule has 0 saturated heterocycles. The van der Waals surface area contributed by atoms with Gasteiger partial charge >= 0.3 is 5.97 Å². The first-order chi connectivity index (χ1) is 5.95. The third kappa shape index (κ3) is 5.51. The van der Waals surface area contributed by atoms with Crippen LogP contribution < -0.4 is 5.73 Å². The lowest BCUT2D eigenvalue weighted by Crippen LogP contribution is -2.15. The van der Waals surface area contributed by atoms with Crippen LogP contribution in [-0.4, -0.2) is 16.2 Å². The number of carboxylic acids is 1. The maximum absolute atomic E-state index is 10.5. The fraction of sp³-hybridized carbons (Fsp3) is 0.375. The highest BCUT2D eigenvalue weighted by Gasteiger charge is 2.19. The van der Waals surface area contributed by atoms with Crippen molar-refractivity contribution in [2.75, 3.05) is 0 Å². The Morgan fingerprint density at radius 3 is 2.46 bits per heavy atom. The standard InChI is InChI=1S/C8H12INO3/c1-5(11)6(8(12)13)3-2-4-7(9)10/h4,6,11H,1-3,10H2,(H,12,13)/b7-4-/t6-/m0/s1. The fourth-order valence-corrected chi connectivity index (χ4v) is 1.13. The van der Waals surface area contributed by atoms with Crippen LogP contribution in [0.4, 0.5) is 0 Å². The van der Waals surface area contributed by atoms with Gasteiger partial charge in [-0.1, -0.05) is 12.7 Å². The van der Waals surface area contributed by atoms with Gasteiger partial charge in [0.1, 0.15) is 5.92 Å². The van der Waals surface area contributed by atoms with Gasteiger partial charge < -0.3 is 15.9 Å². The number of allylic oxidation sites excluding steroid dienone is 1. The zero-order valence-electron chi connectivity index (χ0n) is 7.03. The minimum atomic E-state index is -1.06. The van der Waals surface area contributed by atoms with E-state index in [1.165, 1.54) is 0 Å². The second kappa shape index (κ2) is 5.85. The molecule has 0 aliphatic heterocycles. The van der Waals surface area contributed by atoms with Crippen molar-refractivity contribution in [1.82, 2.24) is 0 Å². The Morgan fingerprint density at radius 2 is 2.15 bits per heavy atom. The Kier molecular flexibility index (Phi) is 5.52. The number of carboxylic acid groups (broad SMARTS) is 1. The number of carbonyl (C=O) groups is 1. The van der Waals surface area contributed by atoms with Crippen LogP contribution in [0.3, 0.4) is 0 Å². The molecule has 13 heavy (non-hydrogen) atoms. The molecule has 0 aromatic rings. The first-order valence-corrected chi connectivity index (χ1v) is 4.74. The van der Waals surface area contributed by atoms with Crippen molar-refractivity contribution >= 4 is 28.6 Å². The maximum Gasteiger partial charge on any atom is 0.314 e. The van der Waals surface area contributed by atoms with Crippen LogP contribution in [0.2, 0.25) is 0 Å². The number of aliphatic carboxylic acids is 1. The van der Waals surface area contributed by atoms with Gasteiger partial charge in [0.05, 0.1) is 9.46 Å². The van der Waals surface area contributed by atoms with Crippen molar-refractivity contribution in [2.45, 2.75) is 12.8 Å². The van der Waals surface area contributed by atoms with Crippen LogP contribution >= 0.6 is 22.6 Å². The summed E-state index contributed by atoms with van der Waals surface area (Å²) < 4.78 is 0.616. The van der Waals surface area contributed by atoms with Crippen LogP contribution in [0.1, 0.15) is 12.8 Å². The van der Waals surface area contributed by atoms with Crippen molar-refractivity contribution < 1.29 is 15.0 Å². The predicted octanol–water partition coefficient (Wildman–Crippen LogP) is 1.77. The van der Waals surface area contributed by atoms with Crippen LogP contribution in [0.25, 0.3) is 0 Å². The molecule has 1 atom stereocenters. The summed E-state index contributed by atoms with van der Waals surface area (Å²) in [6, 6.07) is 0. The SMILES string of the molecule is C=C(O)[C@H](CC/C=C(\N)I)C(=O)O. The summed E-state index contributed by atoms with van der Waals surface area (Å²) in [4.78, 5) is 10.5. The van der Waals surface area contributed by atoms with E-state index in [1.807, 2.05) is 22.6 Å². The van der Waals surface area contributed by atoms with E-state index in [0.29, 0.717) is 16.5 Å². The highest BCUT2D eigenvalue weighted by atomic mass is 127. The highest BCUT2D eigenvalue weighted by Crippen LogP contribution is 2.15. The van der Waals surface area contributed by atoms with Gasteiger partial charge in [0, 0.05) is 0 Å². The first-order valence-electron chi connectivity index (χ1n) is 3.67. The molecule has 5 heteroatoms. The van der Waals surface area contributed by atoms with Crippen LogP contribution in [0, 0.1) is 5.92 Å². The minimum absolute atomic E-state index is 0.312. The van der Waals surface area contributed by atoms with Gasteiger partial charge in [0.25, 0.3) is 0 Å². The molecule has 0 aliphatic carbocycles. The minimum Gasteiger partial charge on any atom is -0.512 e. The van der Waals surface area contributed by atoms with E-state index in [-0.39, 0.29) is 5.76 Å². The van der Waals surface area contributed by atoms with Gasteiger partial charge in [-0.3, -0.25) is 4.79 Å². The van der Waals surface area contributed by atoms with Crippen LogP contribution in [0.15, 0.2) is 22.1 Å². The number of halogens is 1. The summed E-state index contributed by atoms with van der Waals surface area (Å²) >= 11 is 1.93. The molecule has 74 valence electrons. The lowest BCUT2D eigenvalue weighted by atomic mass is 10.0. The first kappa shape index (κ1) is 12.3. The molecule has 0 fully saturated rings. The fourth-order valence-electron chi connectivity index (χ4n) is 0.821. The topological polar surface area (TPSA) is 83.5 Å². The highest BCUT2D eigenvalue weighted by molar-refractivity contribution is 14.1. The molecule has 0 aromatic carbocycles. The molecule has 0 heterocycles. The number of aliphatic hydroxyl groups excluding tert-OH is 1. The molecule has 0 rings (SSSR count). The molecule has 4 N–H and O–H groups in total. The van der Waals surface area contributed by atoms with Crippen molar-refractivity contribution in [1.29, 1.82) is 0 Å². The molecule has 0 aliphatic rings. The molecular formula is C8H12INO3. The summed E-state index contributed by atoms with van der Waals surface area (Å²) in [5.74, 6) is -2.27. The van der Waals surface area contributed by atoms with Crippen LogP contribution in [-0.2, 0) is 4.79 Å². The van der Waals surface area contributed by atoms with Gasteiger partial charge in [-0.25, -0.2) is 0 Å². The van der Waals surface area contributed by atoms with Gasteiger partial charge in [0.15, 0.2) is 0 Å². The summed E-state index contributed by atoms with van der Waals surface area (Å²) in [7, 11) is 0. The Morgan fingerprint density at radius 1 is 1.62 bits per heavy atom. The molecule has 0 spiro atoms. The third-order valence-electron chi connectivity index (χ3n) is 1.50. The quantitative estimate of drug-likeness (QED) is 0.410. The van der Waals surface area contributed by atoms with E-state index in [4.69, 9.17) is 15.9 Å². The normalized spacial score (nSPS) is 13.8. The smallest absolute Gasteiger partial charge is 0.314 e. The van der Waals surface area contributed by atoms with Gasteiger partial charge in [-0.2, -0.15) is 0 Å². The third-order valence-corrected chi connectivity index (χ3v) is 1.94. The average Bonchev–Trinajstić information content (AvgIpc) is 1.95. The molecule has 0 saturated carbocycles. The van der Waals surface area contributed by atoms with E-state index in [9.17, 15) is 4.79 Å². The van der Waals surface area contributed by atoms with E-state index in [1.54, 1.807) is 6.08 Å². The van der Waals surface area contributed by atoms with Crippen molar-refractivity contribution in [2.24, 2.45) is 11.7 Å². The van der Waals surface area contributed by atoms with E-state index >= 15 is 0 Å². The Balaban J connectivity index is 4.06. The van der Waals surface area contributed by atoms with Crippen molar-refractivity contribution in [3.05, 3.63) is 22.1 Å². The lowest BCUT2D eigenvalue weighted by molar-refractivity contribution is -0.141. The van der Waals surface area contributed by atoms with E-state index in [0.717, 1.165) is 0 Å². The second-order valence-electron chi connectivity index (χ2n) is 2.55. The van der Waals surface area contributed by atoms with Gasteiger partial charge in [-0.05, 0) is 35.4 Å². The number of nitrogens with two attached hydrogens (primary N) is 1. The summed E-state index contributed by atoms with van der Waals surface area (Å²) in [5, 5.41) is 17.6. The largest absolute Gasteiger partial charge is 0.512 e. The summed E-state index contributed by atoms with van der Waals surface area (Å²) in [5.41, 5.74) is 5.35. The molecule has 0 unspecified atom stereocenters. The Labute approximate surface area is 90.3 Å². The van der Waals surface area contributed by atoms with Crippen LogP contribution in [0.5, 0.6) is 0 Å². The monoisotopic (exact) mass is 297 g/mol. The molecular weight excluding hydrogens is 285 g/mol. The van der Waals surface area contributed by atoms with Gasteiger partial charge in [-0.15, -0.1) is 0 Å². The van der Waals surface area contributed by atoms with E-state index < -0.39 is 11.9 Å². The zero-order valence-corrected chi connectivity index (χ0v) is 9.19. The number of rotatable bonds is 5. The number of hydrogen-bond donors (Lipinski definition) is 3. The zero-order chi connectivity index (χ0) is 10.4. The summed E-state index contributed by atoms with van der Waals surface area (Å²) in [6.07, 6.45) is 2.54. The molecule has 0 bridgehead atoms. The van der Waals surface area contributed by atoms with Crippen molar-refractivity contribution in [3.63, 3.8) is 0 Å². The lowest BCUT2D eigenvalue weighted by Gasteiger charge is -2.08. The van der Waals surface area contributed by atoms with Crippen molar-refractivity contribution in [3.8, 4) is 0 Å². The summed E-state index contributed by atoms with van der Waals surface area (Å²) in [6.45, 7) is 3.20. The van der Waals surface area contributed by atoms with E-state index in [2.05, 4.69) is 6.58 Å². The molecule has 0 amide bonds.